The Labute approximate surface area is 129 Å². The highest BCUT2D eigenvalue weighted by Gasteiger charge is 2.20. The predicted octanol–water partition coefficient (Wildman–Crippen LogP) is 2.15. The van der Waals surface area contributed by atoms with Gasteiger partial charge in [0.1, 0.15) is 5.57 Å². The van der Waals surface area contributed by atoms with E-state index < -0.39 is 11.9 Å². The van der Waals surface area contributed by atoms with E-state index in [2.05, 4.69) is 5.32 Å². The molecule has 22 heavy (non-hydrogen) atoms. The monoisotopic (exact) mass is 305 g/mol. The van der Waals surface area contributed by atoms with E-state index in [1.54, 1.807) is 38.1 Å². The Morgan fingerprint density at radius 3 is 1.91 bits per heavy atom. The van der Waals surface area contributed by atoms with Crippen molar-refractivity contribution in [3.63, 3.8) is 0 Å². The van der Waals surface area contributed by atoms with Gasteiger partial charge in [-0.25, -0.2) is 9.59 Å². The van der Waals surface area contributed by atoms with Crippen LogP contribution in [0.1, 0.15) is 26.3 Å². The highest BCUT2D eigenvalue weighted by Crippen LogP contribution is 2.14. The number of anilines is 1. The molecule has 0 heterocycles. The molecule has 0 atom stereocenters. The Morgan fingerprint density at radius 2 is 1.50 bits per heavy atom. The van der Waals surface area contributed by atoms with Gasteiger partial charge in [0.15, 0.2) is 0 Å². The fraction of sp³-hybridized carbons (Fsp3) is 0.312. The van der Waals surface area contributed by atoms with Crippen LogP contribution < -0.4 is 5.32 Å². The normalized spacial score (nSPS) is 9.59. The summed E-state index contributed by atoms with van der Waals surface area (Å²) in [6, 6.07) is 6.68. The van der Waals surface area contributed by atoms with Crippen molar-refractivity contribution in [1.82, 2.24) is 0 Å². The second kappa shape index (κ2) is 8.61. The van der Waals surface area contributed by atoms with Crippen LogP contribution >= 0.6 is 0 Å². The van der Waals surface area contributed by atoms with Crippen LogP contribution in [0.2, 0.25) is 0 Å². The van der Waals surface area contributed by atoms with Gasteiger partial charge in [-0.3, -0.25) is 4.79 Å². The lowest BCUT2D eigenvalue weighted by atomic mass is 10.1. The molecule has 6 heteroatoms. The Balaban J connectivity index is 3.02. The van der Waals surface area contributed by atoms with Gasteiger partial charge in [-0.1, -0.05) is 12.1 Å². The number of ether oxygens (including phenoxy) is 2. The van der Waals surface area contributed by atoms with E-state index in [9.17, 15) is 14.4 Å². The Morgan fingerprint density at radius 1 is 1.00 bits per heavy atom. The zero-order chi connectivity index (χ0) is 16.5. The van der Waals surface area contributed by atoms with Gasteiger partial charge >= 0.3 is 11.9 Å². The minimum Gasteiger partial charge on any atom is -0.462 e. The molecule has 6 nitrogen and oxygen atoms in total. The molecule has 0 unspecified atom stereocenters. The van der Waals surface area contributed by atoms with Crippen molar-refractivity contribution in [2.24, 2.45) is 0 Å². The zero-order valence-electron chi connectivity index (χ0n) is 12.8. The average Bonchev–Trinajstić information content (AvgIpc) is 2.46. The van der Waals surface area contributed by atoms with Gasteiger partial charge in [-0.15, -0.1) is 0 Å². The van der Waals surface area contributed by atoms with E-state index in [1.165, 1.54) is 13.0 Å². The third-order valence-corrected chi connectivity index (χ3v) is 2.53. The number of rotatable bonds is 6. The van der Waals surface area contributed by atoms with Crippen molar-refractivity contribution < 1.29 is 23.9 Å². The lowest BCUT2D eigenvalue weighted by Crippen LogP contribution is -2.18. The Kier molecular flexibility index (Phi) is 6.82. The average molecular weight is 305 g/mol. The van der Waals surface area contributed by atoms with Gasteiger partial charge in [-0.2, -0.15) is 0 Å². The molecular weight excluding hydrogens is 286 g/mol. The molecule has 0 aliphatic heterocycles. The zero-order valence-corrected chi connectivity index (χ0v) is 12.8. The molecule has 0 aliphatic carbocycles. The Bertz CT molecular complexity index is 555. The molecule has 0 saturated heterocycles. The van der Waals surface area contributed by atoms with Crippen molar-refractivity contribution in [2.75, 3.05) is 18.5 Å². The molecule has 1 amide bonds. The van der Waals surface area contributed by atoms with Crippen LogP contribution in [0.5, 0.6) is 0 Å². The molecule has 0 bridgehead atoms. The third-order valence-electron chi connectivity index (χ3n) is 2.53. The van der Waals surface area contributed by atoms with Gasteiger partial charge in [0.2, 0.25) is 5.91 Å². The summed E-state index contributed by atoms with van der Waals surface area (Å²) < 4.78 is 9.71. The number of carbonyl (C=O) groups excluding carboxylic acids is 3. The fourth-order valence-corrected chi connectivity index (χ4v) is 1.65. The lowest BCUT2D eigenvalue weighted by molar-refractivity contribution is -0.146. The van der Waals surface area contributed by atoms with E-state index >= 15 is 0 Å². The van der Waals surface area contributed by atoms with Crippen LogP contribution in [0.3, 0.4) is 0 Å². The highest BCUT2D eigenvalue weighted by molar-refractivity contribution is 6.17. The minimum absolute atomic E-state index is 0.164. The smallest absolute Gasteiger partial charge is 0.345 e. The summed E-state index contributed by atoms with van der Waals surface area (Å²) in [5.74, 6) is -1.64. The van der Waals surface area contributed by atoms with Crippen LogP contribution in [-0.2, 0) is 23.9 Å². The maximum absolute atomic E-state index is 11.8. The molecular formula is C16H19NO5. The standard InChI is InChI=1S/C16H19NO5/c1-4-21-15(19)14(16(20)22-5-2)10-12-6-8-13(9-7-12)17-11(3)18/h6-10H,4-5H2,1-3H3,(H,17,18). The molecule has 118 valence electrons. The highest BCUT2D eigenvalue weighted by atomic mass is 16.6. The summed E-state index contributed by atoms with van der Waals surface area (Å²) in [6.07, 6.45) is 1.40. The molecule has 0 aliphatic rings. The van der Waals surface area contributed by atoms with Crippen LogP contribution in [-0.4, -0.2) is 31.1 Å². The number of hydrogen-bond acceptors (Lipinski definition) is 5. The van der Waals surface area contributed by atoms with Crippen molar-refractivity contribution in [3.05, 3.63) is 35.4 Å². The molecule has 0 radical (unpaired) electrons. The second-order valence-electron chi connectivity index (χ2n) is 4.30. The number of benzene rings is 1. The number of amides is 1. The van der Waals surface area contributed by atoms with Crippen LogP contribution in [0.25, 0.3) is 6.08 Å². The second-order valence-corrected chi connectivity index (χ2v) is 4.30. The van der Waals surface area contributed by atoms with E-state index in [0.29, 0.717) is 11.3 Å². The largest absolute Gasteiger partial charge is 0.462 e. The summed E-state index contributed by atoms with van der Waals surface area (Å²) in [5.41, 5.74) is 1.07. The summed E-state index contributed by atoms with van der Waals surface area (Å²) >= 11 is 0. The summed E-state index contributed by atoms with van der Waals surface area (Å²) in [6.45, 7) is 5.05. The van der Waals surface area contributed by atoms with Crippen molar-refractivity contribution >= 4 is 29.6 Å². The maximum Gasteiger partial charge on any atom is 0.345 e. The van der Waals surface area contributed by atoms with E-state index in [-0.39, 0.29) is 24.7 Å². The van der Waals surface area contributed by atoms with E-state index in [1.807, 2.05) is 0 Å². The first-order chi connectivity index (χ1) is 10.5. The number of carbonyl (C=O) groups is 3. The first-order valence-corrected chi connectivity index (χ1v) is 6.91. The summed E-state index contributed by atoms with van der Waals surface area (Å²) in [5, 5.41) is 2.63. The molecule has 1 aromatic carbocycles. The first kappa shape index (κ1) is 17.4. The molecule has 1 aromatic rings. The molecule has 0 saturated carbocycles. The number of nitrogens with one attached hydrogen (secondary N) is 1. The fourth-order valence-electron chi connectivity index (χ4n) is 1.65. The van der Waals surface area contributed by atoms with Gasteiger partial charge in [0, 0.05) is 12.6 Å². The molecule has 0 fully saturated rings. The lowest BCUT2D eigenvalue weighted by Gasteiger charge is -2.07. The van der Waals surface area contributed by atoms with Crippen molar-refractivity contribution in [1.29, 1.82) is 0 Å². The molecule has 0 spiro atoms. The molecule has 1 rings (SSSR count). The van der Waals surface area contributed by atoms with Crippen LogP contribution in [0.15, 0.2) is 29.8 Å². The van der Waals surface area contributed by atoms with E-state index in [0.717, 1.165) is 0 Å². The topological polar surface area (TPSA) is 81.7 Å². The maximum atomic E-state index is 11.8. The SMILES string of the molecule is CCOC(=O)C(=Cc1ccc(NC(C)=O)cc1)C(=O)OCC. The van der Waals surface area contributed by atoms with Crippen LogP contribution in [0, 0.1) is 0 Å². The first-order valence-electron chi connectivity index (χ1n) is 6.91. The van der Waals surface area contributed by atoms with Crippen molar-refractivity contribution in [2.45, 2.75) is 20.8 Å². The van der Waals surface area contributed by atoms with Gasteiger partial charge in [0.25, 0.3) is 0 Å². The minimum atomic E-state index is -0.730. The van der Waals surface area contributed by atoms with Gasteiger partial charge in [0.05, 0.1) is 13.2 Å². The van der Waals surface area contributed by atoms with Gasteiger partial charge in [-0.05, 0) is 37.6 Å². The number of esters is 2. The number of hydrogen-bond donors (Lipinski definition) is 1. The quantitative estimate of drug-likeness (QED) is 0.377. The molecule has 1 N–H and O–H groups in total. The molecule has 0 aromatic heterocycles. The van der Waals surface area contributed by atoms with Crippen LogP contribution in [0.4, 0.5) is 5.69 Å². The van der Waals surface area contributed by atoms with Crippen molar-refractivity contribution in [3.8, 4) is 0 Å². The van der Waals surface area contributed by atoms with Gasteiger partial charge < -0.3 is 14.8 Å². The third kappa shape index (κ3) is 5.40. The summed E-state index contributed by atoms with van der Waals surface area (Å²) in [7, 11) is 0. The van der Waals surface area contributed by atoms with E-state index in [4.69, 9.17) is 9.47 Å². The predicted molar refractivity (Wildman–Crippen MR) is 82.0 cm³/mol. The summed E-state index contributed by atoms with van der Waals surface area (Å²) in [4.78, 5) is 34.6. The Hall–Kier alpha value is -2.63.